The van der Waals surface area contributed by atoms with Crippen molar-refractivity contribution in [3.8, 4) is 0 Å². The van der Waals surface area contributed by atoms with E-state index in [1.807, 2.05) is 36.8 Å². The molecule has 0 radical (unpaired) electrons. The predicted molar refractivity (Wildman–Crippen MR) is 144 cm³/mol. The van der Waals surface area contributed by atoms with Crippen LogP contribution in [0.25, 0.3) is 0 Å². The highest BCUT2D eigenvalue weighted by molar-refractivity contribution is 5.16. The van der Waals surface area contributed by atoms with Gasteiger partial charge in [0.15, 0.2) is 0 Å². The molecule has 0 bridgehead atoms. The van der Waals surface area contributed by atoms with Gasteiger partial charge >= 0.3 is 0 Å². The zero-order chi connectivity index (χ0) is 24.4. The van der Waals surface area contributed by atoms with Gasteiger partial charge in [0, 0.05) is 56.9 Å². The number of benzene rings is 1. The van der Waals surface area contributed by atoms with E-state index >= 15 is 0 Å². The minimum absolute atomic E-state index is 0.412. The summed E-state index contributed by atoms with van der Waals surface area (Å²) in [5.41, 5.74) is 4.69. The van der Waals surface area contributed by atoms with Gasteiger partial charge in [-0.25, -0.2) is 0 Å². The van der Waals surface area contributed by atoms with E-state index < -0.39 is 0 Å². The Kier molecular flexibility index (Phi) is 8.45. The van der Waals surface area contributed by atoms with Gasteiger partial charge in [-0.2, -0.15) is 0 Å². The first kappa shape index (κ1) is 24.3. The molecule has 3 heterocycles. The third kappa shape index (κ3) is 6.62. The van der Waals surface area contributed by atoms with Crippen molar-refractivity contribution >= 4 is 0 Å². The van der Waals surface area contributed by atoms with Crippen LogP contribution in [0.3, 0.4) is 0 Å². The van der Waals surface area contributed by atoms with E-state index in [0.29, 0.717) is 12.1 Å². The Bertz CT molecular complexity index is 977. The van der Waals surface area contributed by atoms with Gasteiger partial charge < -0.3 is 0 Å². The van der Waals surface area contributed by atoms with E-state index in [1.54, 1.807) is 0 Å². The molecule has 0 unspecified atom stereocenters. The van der Waals surface area contributed by atoms with Gasteiger partial charge in [-0.1, -0.05) is 61.4 Å². The molecule has 0 aliphatic heterocycles. The standard InChI is InChI=1S/C31H35N5/c1-2-12-26(13-3-1)22-35(23-27-14-6-9-19-32-27)30-17-4-5-18-31(30)36(24-28-15-7-10-20-33-28)25-29-16-8-11-21-34-29/h1-3,6-16,19-21,30-31H,4-5,17-18,22-25H2/t30-,31-/m1/s1. The lowest BCUT2D eigenvalue weighted by Gasteiger charge is -2.45. The fourth-order valence-electron chi connectivity index (χ4n) is 5.44. The lowest BCUT2D eigenvalue weighted by Crippen LogP contribution is -2.52. The van der Waals surface area contributed by atoms with Crippen LogP contribution >= 0.6 is 0 Å². The first-order chi connectivity index (χ1) is 17.8. The lowest BCUT2D eigenvalue weighted by atomic mass is 9.87. The average molecular weight is 478 g/mol. The van der Waals surface area contributed by atoms with Gasteiger partial charge in [0.25, 0.3) is 0 Å². The molecule has 5 nitrogen and oxygen atoms in total. The number of pyridine rings is 3. The van der Waals surface area contributed by atoms with Crippen LogP contribution in [0.2, 0.25) is 0 Å². The van der Waals surface area contributed by atoms with Gasteiger partial charge in [0.1, 0.15) is 0 Å². The summed E-state index contributed by atoms with van der Waals surface area (Å²) in [5, 5.41) is 0. The predicted octanol–water partition coefficient (Wildman–Crippen LogP) is 5.89. The van der Waals surface area contributed by atoms with Crippen molar-refractivity contribution in [2.75, 3.05) is 0 Å². The molecule has 4 aromatic rings. The molecule has 0 amide bonds. The van der Waals surface area contributed by atoms with Crippen LogP contribution in [0.15, 0.2) is 104 Å². The quantitative estimate of drug-likeness (QED) is 0.285. The van der Waals surface area contributed by atoms with Crippen molar-refractivity contribution in [3.05, 3.63) is 126 Å². The maximum absolute atomic E-state index is 4.69. The minimum atomic E-state index is 0.412. The highest BCUT2D eigenvalue weighted by atomic mass is 15.3. The fourth-order valence-corrected chi connectivity index (χ4v) is 5.44. The molecule has 5 heteroatoms. The molecule has 1 fully saturated rings. The van der Waals surface area contributed by atoms with E-state index in [9.17, 15) is 0 Å². The number of aromatic nitrogens is 3. The second kappa shape index (κ2) is 12.5. The smallest absolute Gasteiger partial charge is 0.0544 e. The lowest BCUT2D eigenvalue weighted by molar-refractivity contribution is 0.0278. The number of hydrogen-bond donors (Lipinski definition) is 0. The summed E-state index contributed by atoms with van der Waals surface area (Å²) >= 11 is 0. The Morgan fingerprint density at radius 1 is 0.500 bits per heavy atom. The van der Waals surface area contributed by atoms with Crippen LogP contribution in [0.5, 0.6) is 0 Å². The molecule has 1 aromatic carbocycles. The summed E-state index contributed by atoms with van der Waals surface area (Å²) < 4.78 is 0. The first-order valence-electron chi connectivity index (χ1n) is 13.1. The SMILES string of the molecule is c1ccc(CN(Cc2ccccn2)[C@@H]2CCCC[C@H]2N(Cc2ccccn2)Cc2ccccn2)cc1. The highest BCUT2D eigenvalue weighted by Gasteiger charge is 2.35. The third-order valence-electron chi connectivity index (χ3n) is 7.13. The Balaban J connectivity index is 1.45. The van der Waals surface area contributed by atoms with Crippen LogP contribution < -0.4 is 0 Å². The Morgan fingerprint density at radius 2 is 0.917 bits per heavy atom. The van der Waals surface area contributed by atoms with Crippen LogP contribution in [-0.2, 0) is 26.2 Å². The van der Waals surface area contributed by atoms with Crippen molar-refractivity contribution in [2.45, 2.75) is 63.9 Å². The van der Waals surface area contributed by atoms with Crippen LogP contribution in [-0.4, -0.2) is 36.8 Å². The second-order valence-electron chi connectivity index (χ2n) is 9.68. The zero-order valence-corrected chi connectivity index (χ0v) is 20.9. The molecule has 1 aliphatic carbocycles. The van der Waals surface area contributed by atoms with Crippen molar-refractivity contribution in [3.63, 3.8) is 0 Å². The second-order valence-corrected chi connectivity index (χ2v) is 9.68. The van der Waals surface area contributed by atoms with Gasteiger partial charge in [0.2, 0.25) is 0 Å². The first-order valence-corrected chi connectivity index (χ1v) is 13.1. The molecule has 2 atom stereocenters. The Morgan fingerprint density at radius 3 is 1.33 bits per heavy atom. The van der Waals surface area contributed by atoms with Crippen LogP contribution in [0.1, 0.15) is 48.3 Å². The minimum Gasteiger partial charge on any atom is -0.289 e. The van der Waals surface area contributed by atoms with Gasteiger partial charge in [-0.15, -0.1) is 0 Å². The summed E-state index contributed by atoms with van der Waals surface area (Å²) in [6.07, 6.45) is 10.6. The van der Waals surface area contributed by atoms with E-state index in [4.69, 9.17) is 0 Å². The molecular weight excluding hydrogens is 442 g/mol. The summed E-state index contributed by atoms with van der Waals surface area (Å²) in [6.45, 7) is 3.40. The molecule has 3 aromatic heterocycles. The zero-order valence-electron chi connectivity index (χ0n) is 20.9. The van der Waals surface area contributed by atoms with Crippen LogP contribution in [0, 0.1) is 0 Å². The van der Waals surface area contributed by atoms with E-state index in [0.717, 1.165) is 43.3 Å². The van der Waals surface area contributed by atoms with E-state index in [-0.39, 0.29) is 0 Å². The number of rotatable bonds is 10. The highest BCUT2D eigenvalue weighted by Crippen LogP contribution is 2.31. The van der Waals surface area contributed by atoms with Crippen LogP contribution in [0.4, 0.5) is 0 Å². The monoisotopic (exact) mass is 477 g/mol. The fraction of sp³-hybridized carbons (Fsp3) is 0.323. The summed E-state index contributed by atoms with van der Waals surface area (Å²) in [7, 11) is 0. The topological polar surface area (TPSA) is 45.2 Å². The summed E-state index contributed by atoms with van der Waals surface area (Å²) in [5.74, 6) is 0. The normalized spacial score (nSPS) is 17.9. The van der Waals surface area contributed by atoms with E-state index in [1.165, 1.54) is 31.2 Å². The molecule has 1 saturated carbocycles. The third-order valence-corrected chi connectivity index (χ3v) is 7.13. The number of nitrogens with zero attached hydrogens (tertiary/aromatic N) is 5. The molecule has 1 aliphatic rings. The molecule has 5 rings (SSSR count). The molecule has 0 spiro atoms. The molecule has 36 heavy (non-hydrogen) atoms. The maximum Gasteiger partial charge on any atom is 0.0544 e. The average Bonchev–Trinajstić information content (AvgIpc) is 2.95. The molecular formula is C31H35N5. The van der Waals surface area contributed by atoms with Gasteiger partial charge in [-0.3, -0.25) is 24.8 Å². The van der Waals surface area contributed by atoms with Crippen molar-refractivity contribution in [1.82, 2.24) is 24.8 Å². The molecule has 0 N–H and O–H groups in total. The summed E-state index contributed by atoms with van der Waals surface area (Å²) in [6, 6.07) is 30.4. The molecule has 0 saturated heterocycles. The van der Waals surface area contributed by atoms with Crippen molar-refractivity contribution < 1.29 is 0 Å². The van der Waals surface area contributed by atoms with Crippen molar-refractivity contribution in [2.24, 2.45) is 0 Å². The number of hydrogen-bond acceptors (Lipinski definition) is 5. The Labute approximate surface area is 214 Å². The van der Waals surface area contributed by atoms with Crippen molar-refractivity contribution in [1.29, 1.82) is 0 Å². The molecule has 184 valence electrons. The van der Waals surface area contributed by atoms with E-state index in [2.05, 4.69) is 91.5 Å². The Hall–Kier alpha value is -3.41. The summed E-state index contributed by atoms with van der Waals surface area (Å²) in [4.78, 5) is 19.3. The largest absolute Gasteiger partial charge is 0.289 e. The van der Waals surface area contributed by atoms with Gasteiger partial charge in [-0.05, 0) is 54.8 Å². The van der Waals surface area contributed by atoms with Gasteiger partial charge in [0.05, 0.1) is 17.1 Å². The maximum atomic E-state index is 4.69.